The molecule has 2 aromatic rings. The summed E-state index contributed by atoms with van der Waals surface area (Å²) in [5, 5.41) is 3.24. The minimum absolute atomic E-state index is 0.133. The molecule has 0 aliphatic carbocycles. The number of anilines is 2. The lowest BCUT2D eigenvalue weighted by molar-refractivity contribution is -0.115. The summed E-state index contributed by atoms with van der Waals surface area (Å²) in [6.07, 6.45) is 1.79. The highest BCUT2D eigenvalue weighted by Crippen LogP contribution is 2.28. The fourth-order valence-corrected chi connectivity index (χ4v) is 3.77. The zero-order chi connectivity index (χ0) is 19.3. The summed E-state index contributed by atoms with van der Waals surface area (Å²) >= 11 is 7.35. The van der Waals surface area contributed by atoms with Gasteiger partial charge in [-0.2, -0.15) is 0 Å². The Kier molecular flexibility index (Phi) is 6.97. The SMILES string of the molecule is CC[C@H](Sc1ccc(Cl)cc1)C(=O)Nc1cccc(N(C)S(C)(=O)=O)c1. The monoisotopic (exact) mass is 412 g/mol. The summed E-state index contributed by atoms with van der Waals surface area (Å²) < 4.78 is 24.5. The highest BCUT2D eigenvalue weighted by Gasteiger charge is 2.19. The van der Waals surface area contributed by atoms with Gasteiger partial charge < -0.3 is 5.32 Å². The second-order valence-corrected chi connectivity index (χ2v) is 9.47. The van der Waals surface area contributed by atoms with Crippen LogP contribution in [0.3, 0.4) is 0 Å². The number of benzene rings is 2. The molecule has 0 saturated carbocycles. The quantitative estimate of drug-likeness (QED) is 0.690. The largest absolute Gasteiger partial charge is 0.325 e. The van der Waals surface area contributed by atoms with Gasteiger partial charge in [0.2, 0.25) is 15.9 Å². The van der Waals surface area contributed by atoms with Gasteiger partial charge in [0.15, 0.2) is 0 Å². The molecule has 0 bridgehead atoms. The third-order valence-corrected chi connectivity index (χ3v) is 6.56. The second-order valence-electron chi connectivity index (χ2n) is 5.74. The molecule has 0 saturated heterocycles. The number of sulfonamides is 1. The van der Waals surface area contributed by atoms with Gasteiger partial charge in [0, 0.05) is 22.7 Å². The van der Waals surface area contributed by atoms with E-state index in [2.05, 4.69) is 5.32 Å². The molecule has 0 aliphatic heterocycles. The van der Waals surface area contributed by atoms with E-state index >= 15 is 0 Å². The number of rotatable bonds is 7. The average Bonchev–Trinajstić information content (AvgIpc) is 2.60. The first-order chi connectivity index (χ1) is 12.2. The van der Waals surface area contributed by atoms with Crippen LogP contribution in [-0.2, 0) is 14.8 Å². The summed E-state index contributed by atoms with van der Waals surface area (Å²) in [6, 6.07) is 14.1. The summed E-state index contributed by atoms with van der Waals surface area (Å²) in [7, 11) is -1.89. The Hall–Kier alpha value is -1.70. The molecule has 8 heteroatoms. The molecule has 0 fully saturated rings. The minimum atomic E-state index is -3.36. The molecule has 26 heavy (non-hydrogen) atoms. The minimum Gasteiger partial charge on any atom is -0.325 e. The Balaban J connectivity index is 2.11. The second kappa shape index (κ2) is 8.79. The number of carbonyl (C=O) groups excluding carboxylic acids is 1. The van der Waals surface area contributed by atoms with E-state index < -0.39 is 10.0 Å². The van der Waals surface area contributed by atoms with Gasteiger partial charge in [0.05, 0.1) is 17.2 Å². The van der Waals surface area contributed by atoms with Crippen LogP contribution in [0.5, 0.6) is 0 Å². The molecule has 0 unspecified atom stereocenters. The standard InChI is InChI=1S/C18H21ClN2O3S2/c1-4-17(25-16-10-8-13(19)9-11-16)18(22)20-14-6-5-7-15(12-14)21(2)26(3,23)24/h5-12,17H,4H2,1-3H3,(H,20,22)/t17-/m0/s1. The molecule has 140 valence electrons. The van der Waals surface area contributed by atoms with E-state index in [0.29, 0.717) is 22.8 Å². The summed E-state index contributed by atoms with van der Waals surface area (Å²) in [5.74, 6) is -0.133. The average molecular weight is 413 g/mol. The summed E-state index contributed by atoms with van der Waals surface area (Å²) in [5.41, 5.74) is 1.04. The first-order valence-electron chi connectivity index (χ1n) is 7.97. The molecule has 5 nitrogen and oxygen atoms in total. The number of halogens is 1. The van der Waals surface area contributed by atoms with Gasteiger partial charge in [0.25, 0.3) is 0 Å². The molecule has 2 aromatic carbocycles. The third kappa shape index (κ3) is 5.65. The van der Waals surface area contributed by atoms with Gasteiger partial charge in [0.1, 0.15) is 0 Å². The number of nitrogens with zero attached hydrogens (tertiary/aromatic N) is 1. The van der Waals surface area contributed by atoms with Crippen LogP contribution in [0.25, 0.3) is 0 Å². The Labute approximate surface area is 163 Å². The van der Waals surface area contributed by atoms with Gasteiger partial charge in [-0.05, 0) is 48.9 Å². The molecular formula is C18H21ClN2O3S2. The Morgan fingerprint density at radius 1 is 1.23 bits per heavy atom. The van der Waals surface area contributed by atoms with Crippen molar-refractivity contribution < 1.29 is 13.2 Å². The van der Waals surface area contributed by atoms with E-state index in [9.17, 15) is 13.2 Å². The first-order valence-corrected chi connectivity index (χ1v) is 11.1. The number of nitrogens with one attached hydrogen (secondary N) is 1. The lowest BCUT2D eigenvalue weighted by Gasteiger charge is -2.19. The van der Waals surface area contributed by atoms with Crippen molar-refractivity contribution in [1.29, 1.82) is 0 Å². The van der Waals surface area contributed by atoms with Crippen molar-refractivity contribution in [2.75, 3.05) is 22.9 Å². The van der Waals surface area contributed by atoms with E-state index in [1.165, 1.54) is 23.1 Å². The van der Waals surface area contributed by atoms with Crippen LogP contribution < -0.4 is 9.62 Å². The maximum absolute atomic E-state index is 12.6. The fourth-order valence-electron chi connectivity index (χ4n) is 2.19. The normalized spacial score (nSPS) is 12.5. The predicted molar refractivity (Wildman–Crippen MR) is 110 cm³/mol. The van der Waals surface area contributed by atoms with Crippen molar-refractivity contribution in [1.82, 2.24) is 0 Å². The zero-order valence-electron chi connectivity index (χ0n) is 14.8. The van der Waals surface area contributed by atoms with Gasteiger partial charge >= 0.3 is 0 Å². The molecule has 1 amide bonds. The number of thioether (sulfide) groups is 1. The molecular weight excluding hydrogens is 392 g/mol. The number of carbonyl (C=O) groups is 1. The Bertz CT molecular complexity index is 870. The van der Waals surface area contributed by atoms with Crippen LogP contribution in [0.2, 0.25) is 5.02 Å². The van der Waals surface area contributed by atoms with E-state index in [-0.39, 0.29) is 11.2 Å². The van der Waals surface area contributed by atoms with Crippen LogP contribution >= 0.6 is 23.4 Å². The van der Waals surface area contributed by atoms with Crippen molar-refractivity contribution in [2.24, 2.45) is 0 Å². The number of hydrogen-bond donors (Lipinski definition) is 1. The van der Waals surface area contributed by atoms with Crippen molar-refractivity contribution in [3.05, 3.63) is 53.6 Å². The van der Waals surface area contributed by atoms with Crippen molar-refractivity contribution in [3.8, 4) is 0 Å². The molecule has 0 aromatic heterocycles. The topological polar surface area (TPSA) is 66.5 Å². The van der Waals surface area contributed by atoms with Crippen LogP contribution in [0, 0.1) is 0 Å². The maximum Gasteiger partial charge on any atom is 0.237 e. The lowest BCUT2D eigenvalue weighted by atomic mass is 10.2. The molecule has 0 heterocycles. The molecule has 1 atom stereocenters. The van der Waals surface area contributed by atoms with Crippen LogP contribution in [0.4, 0.5) is 11.4 Å². The van der Waals surface area contributed by atoms with Gasteiger partial charge in [-0.15, -0.1) is 11.8 Å². The van der Waals surface area contributed by atoms with E-state index in [1.54, 1.807) is 36.4 Å². The number of hydrogen-bond acceptors (Lipinski definition) is 4. The molecule has 2 rings (SSSR count). The van der Waals surface area contributed by atoms with Crippen molar-refractivity contribution in [2.45, 2.75) is 23.5 Å². The van der Waals surface area contributed by atoms with Crippen LogP contribution in [0.15, 0.2) is 53.4 Å². The smallest absolute Gasteiger partial charge is 0.237 e. The van der Waals surface area contributed by atoms with Gasteiger partial charge in [-0.25, -0.2) is 8.42 Å². The molecule has 0 radical (unpaired) electrons. The summed E-state index contributed by atoms with van der Waals surface area (Å²) in [6.45, 7) is 1.95. The summed E-state index contributed by atoms with van der Waals surface area (Å²) in [4.78, 5) is 13.6. The van der Waals surface area contributed by atoms with Gasteiger partial charge in [-0.3, -0.25) is 9.10 Å². The van der Waals surface area contributed by atoms with Gasteiger partial charge in [-0.1, -0.05) is 24.6 Å². The van der Waals surface area contributed by atoms with Crippen LogP contribution in [-0.4, -0.2) is 32.9 Å². The highest BCUT2D eigenvalue weighted by molar-refractivity contribution is 8.00. The van der Waals surface area contributed by atoms with Crippen molar-refractivity contribution in [3.63, 3.8) is 0 Å². The molecule has 0 aliphatic rings. The molecule has 0 spiro atoms. The van der Waals surface area contributed by atoms with E-state index in [4.69, 9.17) is 11.6 Å². The van der Waals surface area contributed by atoms with E-state index in [0.717, 1.165) is 11.2 Å². The first kappa shape index (κ1) is 20.6. The zero-order valence-corrected chi connectivity index (χ0v) is 17.2. The third-order valence-electron chi connectivity index (χ3n) is 3.73. The maximum atomic E-state index is 12.6. The van der Waals surface area contributed by atoms with Crippen molar-refractivity contribution >= 4 is 50.7 Å². The Morgan fingerprint density at radius 3 is 2.46 bits per heavy atom. The number of amides is 1. The predicted octanol–water partition coefficient (Wildman–Crippen LogP) is 4.25. The molecule has 1 N–H and O–H groups in total. The Morgan fingerprint density at radius 2 is 1.88 bits per heavy atom. The van der Waals surface area contributed by atoms with E-state index in [1.807, 2.05) is 19.1 Å². The van der Waals surface area contributed by atoms with Crippen LogP contribution in [0.1, 0.15) is 13.3 Å². The fraction of sp³-hybridized carbons (Fsp3) is 0.278. The highest BCUT2D eigenvalue weighted by atomic mass is 35.5. The lowest BCUT2D eigenvalue weighted by Crippen LogP contribution is -2.26.